The van der Waals surface area contributed by atoms with Gasteiger partial charge in [0.1, 0.15) is 0 Å². The summed E-state index contributed by atoms with van der Waals surface area (Å²) in [5.41, 5.74) is 4.20. The van der Waals surface area contributed by atoms with E-state index in [-0.39, 0.29) is 23.0 Å². The smallest absolute Gasteiger partial charge is 0.227 e. The fourth-order valence-electron chi connectivity index (χ4n) is 3.24. The largest absolute Gasteiger partial charge is 0.302 e. The summed E-state index contributed by atoms with van der Waals surface area (Å²) < 4.78 is 24.7. The van der Waals surface area contributed by atoms with Crippen molar-refractivity contribution in [2.75, 3.05) is 11.1 Å². The first-order chi connectivity index (χ1) is 15.5. The van der Waals surface area contributed by atoms with E-state index in [1.54, 1.807) is 18.2 Å². The van der Waals surface area contributed by atoms with E-state index in [1.165, 1.54) is 34.6 Å². The summed E-state index contributed by atoms with van der Waals surface area (Å²) in [6, 6.07) is 26.6. The molecule has 0 saturated carbocycles. The number of hydrogen-bond donors (Lipinski definition) is 1. The number of anilines is 1. The van der Waals surface area contributed by atoms with Crippen LogP contribution in [0.4, 0.5) is 5.13 Å². The minimum atomic E-state index is -3.49. The number of hydrogen-bond acceptors (Lipinski definition) is 5. The van der Waals surface area contributed by atoms with Crippen LogP contribution in [0.2, 0.25) is 0 Å². The molecule has 0 unspecified atom stereocenters. The molecule has 0 aliphatic carbocycles. The van der Waals surface area contributed by atoms with Crippen molar-refractivity contribution in [3.63, 3.8) is 0 Å². The molecule has 4 aromatic rings. The second kappa shape index (κ2) is 9.89. The van der Waals surface area contributed by atoms with Crippen LogP contribution in [0.1, 0.15) is 17.5 Å². The van der Waals surface area contributed by atoms with Crippen molar-refractivity contribution < 1.29 is 13.2 Å². The fraction of sp³-hybridized carbons (Fsp3) is 0.120. The zero-order chi connectivity index (χ0) is 22.4. The highest BCUT2D eigenvalue weighted by molar-refractivity contribution is 7.91. The van der Waals surface area contributed by atoms with Gasteiger partial charge in [0.05, 0.1) is 16.3 Å². The lowest BCUT2D eigenvalue weighted by atomic mass is 10.0. The topological polar surface area (TPSA) is 76.1 Å². The molecule has 0 aliphatic heterocycles. The Labute approximate surface area is 191 Å². The Morgan fingerprint density at radius 2 is 1.47 bits per heavy atom. The van der Waals surface area contributed by atoms with Crippen molar-refractivity contribution >= 4 is 32.2 Å². The molecule has 162 valence electrons. The van der Waals surface area contributed by atoms with E-state index in [0.29, 0.717) is 5.13 Å². The lowest BCUT2D eigenvalue weighted by molar-refractivity contribution is -0.115. The SMILES string of the molecule is O=C(CCS(=O)(=O)c1ccccc1)Nc1nc(-c2ccc(Cc3ccccc3)cc2)cs1. The third-order valence-corrected chi connectivity index (χ3v) is 7.44. The second-order valence-corrected chi connectivity index (χ2v) is 10.3. The molecular weight excluding hydrogens is 440 g/mol. The van der Waals surface area contributed by atoms with Crippen LogP contribution >= 0.6 is 11.3 Å². The van der Waals surface area contributed by atoms with E-state index < -0.39 is 9.84 Å². The minimum absolute atomic E-state index is 0.125. The van der Waals surface area contributed by atoms with Gasteiger partial charge in [-0.3, -0.25) is 4.79 Å². The highest BCUT2D eigenvalue weighted by Crippen LogP contribution is 2.26. The Balaban J connectivity index is 1.34. The third kappa shape index (κ3) is 5.69. The Hall–Kier alpha value is -3.29. The molecule has 0 atom stereocenters. The van der Waals surface area contributed by atoms with E-state index >= 15 is 0 Å². The molecule has 5 nitrogen and oxygen atoms in total. The summed E-state index contributed by atoms with van der Waals surface area (Å²) in [5.74, 6) is -0.618. The Morgan fingerprint density at radius 1 is 0.844 bits per heavy atom. The van der Waals surface area contributed by atoms with Crippen molar-refractivity contribution in [2.24, 2.45) is 0 Å². The van der Waals surface area contributed by atoms with Crippen LogP contribution in [0.15, 0.2) is 95.2 Å². The number of thiazole rings is 1. The molecule has 4 rings (SSSR count). The van der Waals surface area contributed by atoms with Gasteiger partial charge in [0, 0.05) is 17.4 Å². The standard InChI is InChI=1S/C25H22N2O3S2/c28-24(15-16-32(29,30)22-9-5-2-6-10-22)27-25-26-23(18-31-25)21-13-11-20(12-14-21)17-19-7-3-1-4-8-19/h1-14,18H,15-17H2,(H,26,27,28). The van der Waals surface area contributed by atoms with Crippen molar-refractivity contribution in [2.45, 2.75) is 17.7 Å². The van der Waals surface area contributed by atoms with Gasteiger partial charge in [-0.2, -0.15) is 0 Å². The molecule has 0 aliphatic rings. The molecule has 0 radical (unpaired) electrons. The van der Waals surface area contributed by atoms with Crippen LogP contribution < -0.4 is 5.32 Å². The average Bonchev–Trinajstić information content (AvgIpc) is 3.28. The van der Waals surface area contributed by atoms with Crippen molar-refractivity contribution in [1.82, 2.24) is 4.98 Å². The van der Waals surface area contributed by atoms with Crippen molar-refractivity contribution in [1.29, 1.82) is 0 Å². The Morgan fingerprint density at radius 3 is 2.16 bits per heavy atom. The lowest BCUT2D eigenvalue weighted by Gasteiger charge is -2.05. The number of benzene rings is 3. The summed E-state index contributed by atoms with van der Waals surface area (Å²) in [6.45, 7) is 0. The van der Waals surface area contributed by atoms with Crippen LogP contribution in [-0.4, -0.2) is 25.1 Å². The van der Waals surface area contributed by atoms with E-state index in [0.717, 1.165) is 17.7 Å². The van der Waals surface area contributed by atoms with Crippen LogP contribution in [0.3, 0.4) is 0 Å². The maximum absolute atomic E-state index is 12.3. The van der Waals surface area contributed by atoms with Crippen LogP contribution in [-0.2, 0) is 21.1 Å². The molecule has 0 fully saturated rings. The number of carbonyl (C=O) groups is 1. The maximum Gasteiger partial charge on any atom is 0.227 e. The number of carbonyl (C=O) groups excluding carboxylic acids is 1. The molecule has 3 aromatic carbocycles. The number of aromatic nitrogens is 1. The highest BCUT2D eigenvalue weighted by atomic mass is 32.2. The zero-order valence-electron chi connectivity index (χ0n) is 17.3. The molecule has 1 amide bonds. The highest BCUT2D eigenvalue weighted by Gasteiger charge is 2.17. The van der Waals surface area contributed by atoms with E-state index in [2.05, 4.69) is 34.6 Å². The molecule has 1 N–H and O–H groups in total. The summed E-state index contributed by atoms with van der Waals surface area (Å²) >= 11 is 1.32. The number of amides is 1. The number of nitrogens with one attached hydrogen (secondary N) is 1. The van der Waals surface area contributed by atoms with Crippen molar-refractivity contribution in [3.8, 4) is 11.3 Å². The molecular formula is C25H22N2O3S2. The lowest BCUT2D eigenvalue weighted by Crippen LogP contribution is -2.17. The zero-order valence-corrected chi connectivity index (χ0v) is 18.9. The molecule has 7 heteroatoms. The molecule has 1 aromatic heterocycles. The van der Waals surface area contributed by atoms with Crippen LogP contribution in [0.25, 0.3) is 11.3 Å². The van der Waals surface area contributed by atoms with Gasteiger partial charge in [0.15, 0.2) is 15.0 Å². The van der Waals surface area contributed by atoms with Gasteiger partial charge >= 0.3 is 0 Å². The first-order valence-corrected chi connectivity index (χ1v) is 12.7. The molecule has 1 heterocycles. The van der Waals surface area contributed by atoms with Crippen LogP contribution in [0.5, 0.6) is 0 Å². The van der Waals surface area contributed by atoms with Gasteiger partial charge in [0.25, 0.3) is 0 Å². The normalized spacial score (nSPS) is 11.2. The van der Waals surface area contributed by atoms with E-state index in [4.69, 9.17) is 0 Å². The summed E-state index contributed by atoms with van der Waals surface area (Å²) in [6.07, 6.45) is 0.742. The molecule has 0 spiro atoms. The first kappa shape index (κ1) is 21.9. The van der Waals surface area contributed by atoms with Gasteiger partial charge in [-0.25, -0.2) is 13.4 Å². The molecule has 32 heavy (non-hydrogen) atoms. The quantitative estimate of drug-likeness (QED) is 0.390. The monoisotopic (exact) mass is 462 g/mol. The fourth-order valence-corrected chi connectivity index (χ4v) is 5.24. The summed E-state index contributed by atoms with van der Waals surface area (Å²) in [5, 5.41) is 5.04. The predicted octanol–water partition coefficient (Wildman–Crippen LogP) is 5.20. The summed E-state index contributed by atoms with van der Waals surface area (Å²) in [7, 11) is -3.49. The minimum Gasteiger partial charge on any atom is -0.302 e. The molecule has 0 bridgehead atoms. The Kier molecular flexibility index (Phi) is 6.78. The van der Waals surface area contributed by atoms with Gasteiger partial charge < -0.3 is 5.32 Å². The number of sulfone groups is 1. The van der Waals surface area contributed by atoms with Crippen molar-refractivity contribution in [3.05, 3.63) is 101 Å². The van der Waals surface area contributed by atoms with Gasteiger partial charge in [0.2, 0.25) is 5.91 Å². The van der Waals surface area contributed by atoms with Gasteiger partial charge in [-0.15, -0.1) is 11.3 Å². The van der Waals surface area contributed by atoms with E-state index in [9.17, 15) is 13.2 Å². The number of nitrogens with zero attached hydrogens (tertiary/aromatic N) is 1. The maximum atomic E-state index is 12.3. The molecule has 0 saturated heterocycles. The number of rotatable bonds is 8. The average molecular weight is 463 g/mol. The predicted molar refractivity (Wildman–Crippen MR) is 129 cm³/mol. The third-order valence-electron chi connectivity index (χ3n) is 4.95. The van der Waals surface area contributed by atoms with E-state index in [1.807, 2.05) is 35.7 Å². The van der Waals surface area contributed by atoms with Crippen LogP contribution in [0, 0.1) is 0 Å². The Bertz CT molecular complexity index is 1280. The summed E-state index contributed by atoms with van der Waals surface area (Å²) in [4.78, 5) is 16.9. The second-order valence-electron chi connectivity index (χ2n) is 7.33. The van der Waals surface area contributed by atoms with Gasteiger partial charge in [-0.05, 0) is 29.7 Å². The van der Waals surface area contributed by atoms with Gasteiger partial charge in [-0.1, -0.05) is 72.8 Å². The first-order valence-electron chi connectivity index (χ1n) is 10.2.